The van der Waals surface area contributed by atoms with Gasteiger partial charge in [0.1, 0.15) is 11.4 Å². The highest BCUT2D eigenvalue weighted by molar-refractivity contribution is 8.00. The minimum Gasteiger partial charge on any atom is -0.459 e. The maximum absolute atomic E-state index is 11.4. The Morgan fingerprint density at radius 1 is 1.19 bits per heavy atom. The van der Waals surface area contributed by atoms with Gasteiger partial charge < -0.3 is 4.74 Å². The van der Waals surface area contributed by atoms with E-state index in [4.69, 9.17) is 4.74 Å². The molecule has 1 heterocycles. The Morgan fingerprint density at radius 2 is 1.81 bits per heavy atom. The fraction of sp³-hybridized carbons (Fsp3) is 0.462. The number of hydrogen-bond donors (Lipinski definition) is 0. The third kappa shape index (κ3) is 2.24. The third-order valence-corrected chi connectivity index (χ3v) is 3.85. The van der Waals surface area contributed by atoms with Crippen LogP contribution >= 0.6 is 11.8 Å². The molecule has 0 amide bonds. The van der Waals surface area contributed by atoms with Gasteiger partial charge >= 0.3 is 5.97 Å². The highest BCUT2D eigenvalue weighted by atomic mass is 32.2. The van der Waals surface area contributed by atoms with Gasteiger partial charge in [-0.05, 0) is 12.1 Å². The van der Waals surface area contributed by atoms with E-state index in [9.17, 15) is 4.79 Å². The summed E-state index contributed by atoms with van der Waals surface area (Å²) in [6, 6.07) is 9.99. The van der Waals surface area contributed by atoms with Gasteiger partial charge in [-0.15, -0.1) is 11.8 Å². The van der Waals surface area contributed by atoms with Crippen molar-refractivity contribution in [3.8, 4) is 0 Å². The van der Waals surface area contributed by atoms with E-state index in [0.717, 1.165) is 4.90 Å². The zero-order valence-electron chi connectivity index (χ0n) is 9.77. The molecule has 3 heteroatoms. The highest BCUT2D eigenvalue weighted by Crippen LogP contribution is 2.41. The van der Waals surface area contributed by atoms with Crippen LogP contribution in [0.25, 0.3) is 0 Å². The van der Waals surface area contributed by atoms with Crippen LogP contribution < -0.4 is 0 Å². The van der Waals surface area contributed by atoms with Gasteiger partial charge in [0.2, 0.25) is 0 Å². The summed E-state index contributed by atoms with van der Waals surface area (Å²) in [4.78, 5) is 12.6. The van der Waals surface area contributed by atoms with Gasteiger partial charge in [0.15, 0.2) is 0 Å². The zero-order chi connectivity index (χ0) is 11.8. The Kier molecular flexibility index (Phi) is 2.98. The number of carbonyl (C=O) groups excluding carboxylic acids is 1. The van der Waals surface area contributed by atoms with Crippen molar-refractivity contribution in [2.75, 3.05) is 0 Å². The van der Waals surface area contributed by atoms with Crippen LogP contribution in [0.5, 0.6) is 0 Å². The number of ether oxygens (including phenoxy) is 1. The molecule has 0 N–H and O–H groups in total. The lowest BCUT2D eigenvalue weighted by atomic mass is 9.84. The fourth-order valence-electron chi connectivity index (χ4n) is 1.69. The van der Waals surface area contributed by atoms with Gasteiger partial charge in [0.25, 0.3) is 0 Å². The first-order valence-corrected chi connectivity index (χ1v) is 6.28. The Bertz CT molecular complexity index is 381. The summed E-state index contributed by atoms with van der Waals surface area (Å²) in [5.41, 5.74) is 0.0142. The molecule has 0 spiro atoms. The molecule has 0 bridgehead atoms. The van der Waals surface area contributed by atoms with Crippen molar-refractivity contribution < 1.29 is 9.53 Å². The predicted molar refractivity (Wildman–Crippen MR) is 65.4 cm³/mol. The molecule has 16 heavy (non-hydrogen) atoms. The summed E-state index contributed by atoms with van der Waals surface area (Å²) in [5.74, 6) is -0.0891. The lowest BCUT2D eigenvalue weighted by molar-refractivity contribution is -0.177. The summed E-state index contributed by atoms with van der Waals surface area (Å²) in [6.07, 6.45) is 0.0187. The Hall–Kier alpha value is -0.960. The maximum atomic E-state index is 11.4. The second kappa shape index (κ2) is 4.13. The predicted octanol–water partition coefficient (Wildman–Crippen LogP) is 3.12. The summed E-state index contributed by atoms with van der Waals surface area (Å²) in [7, 11) is 0. The summed E-state index contributed by atoms with van der Waals surface area (Å²) >= 11 is 1.60. The van der Waals surface area contributed by atoms with E-state index in [2.05, 4.69) is 20.8 Å². The number of carbonyl (C=O) groups is 1. The second-order valence-corrected chi connectivity index (χ2v) is 6.29. The van der Waals surface area contributed by atoms with Crippen molar-refractivity contribution >= 4 is 17.7 Å². The summed E-state index contributed by atoms with van der Waals surface area (Å²) in [6.45, 7) is 6.30. The van der Waals surface area contributed by atoms with Gasteiger partial charge in [0, 0.05) is 10.3 Å². The molecule has 1 aromatic carbocycles. The normalized spacial score (nSPS) is 24.8. The molecule has 1 saturated heterocycles. The molecule has 0 aliphatic carbocycles. The molecule has 2 atom stereocenters. The van der Waals surface area contributed by atoms with Crippen molar-refractivity contribution in [1.82, 2.24) is 0 Å². The van der Waals surface area contributed by atoms with E-state index in [1.807, 2.05) is 30.3 Å². The molecular weight excluding hydrogens is 220 g/mol. The standard InChI is InChI=1S/C13H16O2S/c1-13(2,3)11-10(12(14)15-11)16-9-7-5-4-6-8-9/h4-8,10-11H,1-3H3. The van der Waals surface area contributed by atoms with Gasteiger partial charge in [-0.1, -0.05) is 39.0 Å². The number of benzene rings is 1. The van der Waals surface area contributed by atoms with Crippen LogP contribution in [-0.4, -0.2) is 17.3 Å². The minimum atomic E-state index is -0.0891. The lowest BCUT2D eigenvalue weighted by Gasteiger charge is -2.42. The number of cyclic esters (lactones) is 1. The highest BCUT2D eigenvalue weighted by Gasteiger charge is 2.49. The van der Waals surface area contributed by atoms with Crippen LogP contribution in [0, 0.1) is 5.41 Å². The van der Waals surface area contributed by atoms with Crippen LogP contribution in [-0.2, 0) is 9.53 Å². The van der Waals surface area contributed by atoms with Crippen molar-refractivity contribution in [1.29, 1.82) is 0 Å². The molecular formula is C13H16O2S. The maximum Gasteiger partial charge on any atom is 0.323 e. The number of hydrogen-bond acceptors (Lipinski definition) is 3. The van der Waals surface area contributed by atoms with Crippen molar-refractivity contribution in [3.05, 3.63) is 30.3 Å². The second-order valence-electron chi connectivity index (χ2n) is 5.08. The van der Waals surface area contributed by atoms with E-state index < -0.39 is 0 Å². The average molecular weight is 236 g/mol. The lowest BCUT2D eigenvalue weighted by Crippen LogP contribution is -2.54. The van der Waals surface area contributed by atoms with Gasteiger partial charge in [-0.2, -0.15) is 0 Å². The van der Waals surface area contributed by atoms with Crippen LogP contribution in [0.1, 0.15) is 20.8 Å². The fourth-order valence-corrected chi connectivity index (χ4v) is 3.04. The molecule has 1 aliphatic heterocycles. The number of rotatable bonds is 2. The SMILES string of the molecule is CC(C)(C)C1OC(=O)C1Sc1ccccc1. The number of esters is 1. The van der Waals surface area contributed by atoms with Gasteiger partial charge in [-0.3, -0.25) is 4.79 Å². The quantitative estimate of drug-likeness (QED) is 0.738. The molecule has 0 radical (unpaired) electrons. The third-order valence-electron chi connectivity index (χ3n) is 2.61. The molecule has 86 valence electrons. The van der Waals surface area contributed by atoms with Crippen LogP contribution in [0.15, 0.2) is 35.2 Å². The molecule has 0 aromatic heterocycles. The van der Waals surface area contributed by atoms with E-state index >= 15 is 0 Å². The Morgan fingerprint density at radius 3 is 2.31 bits per heavy atom. The summed E-state index contributed by atoms with van der Waals surface area (Å²) in [5, 5.41) is -0.0533. The van der Waals surface area contributed by atoms with Gasteiger partial charge in [-0.25, -0.2) is 0 Å². The van der Waals surface area contributed by atoms with Crippen molar-refractivity contribution in [3.63, 3.8) is 0 Å². The summed E-state index contributed by atoms with van der Waals surface area (Å²) < 4.78 is 5.23. The smallest absolute Gasteiger partial charge is 0.323 e. The molecule has 1 aliphatic rings. The van der Waals surface area contributed by atoms with Crippen molar-refractivity contribution in [2.45, 2.75) is 37.0 Å². The first kappa shape index (κ1) is 11.5. The van der Waals surface area contributed by atoms with E-state index in [-0.39, 0.29) is 22.7 Å². The first-order chi connectivity index (χ1) is 7.48. The van der Waals surface area contributed by atoms with Crippen molar-refractivity contribution in [2.24, 2.45) is 5.41 Å². The molecule has 2 nitrogen and oxygen atoms in total. The molecule has 2 unspecified atom stereocenters. The molecule has 2 rings (SSSR count). The molecule has 0 saturated carbocycles. The van der Waals surface area contributed by atoms with Crippen LogP contribution in [0.3, 0.4) is 0 Å². The zero-order valence-corrected chi connectivity index (χ0v) is 10.6. The average Bonchev–Trinajstić information content (AvgIpc) is 2.22. The Labute approximate surface area is 100 Å². The molecule has 1 aromatic rings. The monoisotopic (exact) mass is 236 g/mol. The molecule has 1 fully saturated rings. The Balaban J connectivity index is 2.07. The number of thioether (sulfide) groups is 1. The van der Waals surface area contributed by atoms with E-state index in [0.29, 0.717) is 0 Å². The topological polar surface area (TPSA) is 26.3 Å². The van der Waals surface area contributed by atoms with Gasteiger partial charge in [0.05, 0.1) is 0 Å². The van der Waals surface area contributed by atoms with E-state index in [1.54, 1.807) is 11.8 Å². The largest absolute Gasteiger partial charge is 0.459 e. The van der Waals surface area contributed by atoms with E-state index in [1.165, 1.54) is 0 Å². The van der Waals surface area contributed by atoms with Crippen LogP contribution in [0.4, 0.5) is 0 Å². The van der Waals surface area contributed by atoms with Crippen LogP contribution in [0.2, 0.25) is 0 Å². The first-order valence-electron chi connectivity index (χ1n) is 5.41. The minimum absolute atomic E-state index is 0.0142.